The number of aromatic nitrogens is 5. The summed E-state index contributed by atoms with van der Waals surface area (Å²) in [6.07, 6.45) is 3.67. The van der Waals surface area contributed by atoms with E-state index in [4.69, 9.17) is 0 Å². The molecule has 3 aromatic heterocycles. The number of thiophene rings is 1. The molecule has 10 heteroatoms. The fourth-order valence-electron chi connectivity index (χ4n) is 3.29. The van der Waals surface area contributed by atoms with Crippen LogP contribution in [0.15, 0.2) is 4.79 Å². The van der Waals surface area contributed by atoms with Gasteiger partial charge in [0, 0.05) is 4.88 Å². The van der Waals surface area contributed by atoms with Crippen molar-refractivity contribution in [2.75, 3.05) is 5.32 Å². The van der Waals surface area contributed by atoms with Gasteiger partial charge in [-0.15, -0.1) is 26.6 Å². The van der Waals surface area contributed by atoms with Gasteiger partial charge in [0.25, 0.3) is 11.5 Å². The van der Waals surface area contributed by atoms with Crippen LogP contribution in [-0.2, 0) is 24.1 Å². The molecule has 1 amide bonds. The van der Waals surface area contributed by atoms with E-state index in [1.54, 1.807) is 18.3 Å². The average Bonchev–Trinajstić information content (AvgIpc) is 3.25. The number of hydrogen-bond donors (Lipinski definition) is 1. The molecule has 3 heterocycles. The quantitative estimate of drug-likeness (QED) is 0.717. The first-order valence-electron chi connectivity index (χ1n) is 9.01. The van der Waals surface area contributed by atoms with Gasteiger partial charge in [-0.05, 0) is 44.1 Å². The maximum atomic E-state index is 13.1. The predicted octanol–water partition coefficient (Wildman–Crippen LogP) is 2.59. The second-order valence-corrected chi connectivity index (χ2v) is 9.04. The smallest absolute Gasteiger partial charge is 0.279 e. The Labute approximate surface area is 163 Å². The largest absolute Gasteiger partial charge is 0.299 e. The summed E-state index contributed by atoms with van der Waals surface area (Å²) in [5.41, 5.74) is 0.840. The summed E-state index contributed by atoms with van der Waals surface area (Å²) in [6, 6.07) is -0.790. The highest BCUT2D eigenvalue weighted by atomic mass is 32.1. The SMILES string of the molecule is CCc1nnc(NC(=O)C(C)n2nnc3sc4c(c3c2=O)CCC(C)C4)s1. The Hall–Kier alpha value is -2.20. The van der Waals surface area contributed by atoms with Gasteiger partial charge in [-0.1, -0.05) is 30.4 Å². The van der Waals surface area contributed by atoms with Gasteiger partial charge < -0.3 is 0 Å². The van der Waals surface area contributed by atoms with E-state index in [9.17, 15) is 9.59 Å². The maximum Gasteiger partial charge on any atom is 0.279 e. The van der Waals surface area contributed by atoms with Crippen molar-refractivity contribution in [1.29, 1.82) is 0 Å². The minimum Gasteiger partial charge on any atom is -0.299 e. The fourth-order valence-corrected chi connectivity index (χ4v) is 5.29. The van der Waals surface area contributed by atoms with Crippen molar-refractivity contribution in [3.8, 4) is 0 Å². The summed E-state index contributed by atoms with van der Waals surface area (Å²) in [5, 5.41) is 20.8. The van der Waals surface area contributed by atoms with Gasteiger partial charge in [0.15, 0.2) is 4.83 Å². The standard InChI is InChI=1S/C17H20N6O2S2/c1-4-12-19-21-17(27-12)18-14(24)9(3)23-16(25)13-10-6-5-8(2)7-11(10)26-15(13)20-22-23/h8-9H,4-7H2,1-3H3,(H,18,21,24). The molecule has 2 unspecified atom stereocenters. The van der Waals surface area contributed by atoms with Crippen LogP contribution in [-0.4, -0.2) is 31.1 Å². The summed E-state index contributed by atoms with van der Waals surface area (Å²) in [7, 11) is 0. The molecule has 1 N–H and O–H groups in total. The Kier molecular flexibility index (Phi) is 4.77. The van der Waals surface area contributed by atoms with E-state index >= 15 is 0 Å². The van der Waals surface area contributed by atoms with Gasteiger partial charge in [-0.3, -0.25) is 14.9 Å². The lowest BCUT2D eigenvalue weighted by atomic mass is 9.89. The van der Waals surface area contributed by atoms with Crippen LogP contribution in [0.1, 0.15) is 48.7 Å². The van der Waals surface area contributed by atoms with Crippen LogP contribution in [0.4, 0.5) is 5.13 Å². The molecule has 27 heavy (non-hydrogen) atoms. The highest BCUT2D eigenvalue weighted by Gasteiger charge is 2.26. The number of fused-ring (bicyclic) bond motifs is 3. The minimum absolute atomic E-state index is 0.249. The second-order valence-electron chi connectivity index (χ2n) is 6.89. The van der Waals surface area contributed by atoms with Crippen molar-refractivity contribution >= 4 is 43.9 Å². The van der Waals surface area contributed by atoms with Crippen molar-refractivity contribution in [2.45, 2.75) is 52.5 Å². The number of hydrogen-bond acceptors (Lipinski definition) is 8. The molecule has 3 aromatic rings. The molecule has 142 valence electrons. The normalized spacial score (nSPS) is 17.7. The highest BCUT2D eigenvalue weighted by Crippen LogP contribution is 2.35. The van der Waals surface area contributed by atoms with Crippen LogP contribution in [0, 0.1) is 5.92 Å². The second kappa shape index (κ2) is 7.08. The van der Waals surface area contributed by atoms with Gasteiger partial charge in [0.1, 0.15) is 11.0 Å². The molecule has 0 aromatic carbocycles. The van der Waals surface area contributed by atoms with Crippen molar-refractivity contribution in [2.24, 2.45) is 5.92 Å². The zero-order valence-corrected chi connectivity index (χ0v) is 17.0. The van der Waals surface area contributed by atoms with E-state index in [2.05, 4.69) is 32.7 Å². The lowest BCUT2D eigenvalue weighted by molar-refractivity contribution is -0.119. The molecule has 0 aliphatic heterocycles. The first-order chi connectivity index (χ1) is 13.0. The molecule has 4 rings (SSSR count). The predicted molar refractivity (Wildman–Crippen MR) is 105 cm³/mol. The zero-order valence-electron chi connectivity index (χ0n) is 15.4. The molecule has 1 aliphatic rings. The summed E-state index contributed by atoms with van der Waals surface area (Å²) in [6.45, 7) is 5.84. The lowest BCUT2D eigenvalue weighted by Gasteiger charge is -2.17. The summed E-state index contributed by atoms with van der Waals surface area (Å²) >= 11 is 2.88. The molecular weight excluding hydrogens is 384 g/mol. The minimum atomic E-state index is -0.790. The van der Waals surface area contributed by atoms with E-state index in [1.807, 2.05) is 6.92 Å². The summed E-state index contributed by atoms with van der Waals surface area (Å²) in [4.78, 5) is 27.5. The molecule has 8 nitrogen and oxygen atoms in total. The number of rotatable bonds is 4. The number of carbonyl (C=O) groups excluding carboxylic acids is 1. The maximum absolute atomic E-state index is 13.1. The zero-order chi connectivity index (χ0) is 19.1. The van der Waals surface area contributed by atoms with Crippen LogP contribution in [0.2, 0.25) is 0 Å². The number of nitrogens with zero attached hydrogens (tertiary/aromatic N) is 5. The highest BCUT2D eigenvalue weighted by molar-refractivity contribution is 7.18. The molecule has 0 spiro atoms. The molecule has 2 atom stereocenters. The van der Waals surface area contributed by atoms with Crippen LogP contribution >= 0.6 is 22.7 Å². The van der Waals surface area contributed by atoms with E-state index in [-0.39, 0.29) is 11.5 Å². The van der Waals surface area contributed by atoms with Crippen LogP contribution in [0.5, 0.6) is 0 Å². The van der Waals surface area contributed by atoms with Gasteiger partial charge >= 0.3 is 0 Å². The van der Waals surface area contributed by atoms with E-state index in [0.717, 1.165) is 36.3 Å². The molecule has 0 saturated heterocycles. The first kappa shape index (κ1) is 18.2. The van der Waals surface area contributed by atoms with E-state index < -0.39 is 6.04 Å². The molecule has 0 fully saturated rings. The van der Waals surface area contributed by atoms with Crippen LogP contribution in [0.3, 0.4) is 0 Å². The first-order valence-corrected chi connectivity index (χ1v) is 10.6. The molecular formula is C17H20N6O2S2. The molecule has 1 aliphatic carbocycles. The molecule has 0 bridgehead atoms. The fraction of sp³-hybridized carbons (Fsp3) is 0.529. The average molecular weight is 405 g/mol. The van der Waals surface area contributed by atoms with E-state index in [0.29, 0.717) is 21.3 Å². The monoisotopic (exact) mass is 404 g/mol. The van der Waals surface area contributed by atoms with Gasteiger partial charge in [0.05, 0.1) is 5.39 Å². The van der Waals surface area contributed by atoms with Gasteiger partial charge in [0.2, 0.25) is 5.13 Å². The Balaban J connectivity index is 1.65. The van der Waals surface area contributed by atoms with Crippen molar-refractivity contribution in [3.05, 3.63) is 25.8 Å². The number of anilines is 1. The Bertz CT molecular complexity index is 1070. The Morgan fingerprint density at radius 3 is 2.89 bits per heavy atom. The lowest BCUT2D eigenvalue weighted by Crippen LogP contribution is -2.34. The number of amides is 1. The van der Waals surface area contributed by atoms with Crippen LogP contribution in [0.25, 0.3) is 10.2 Å². The van der Waals surface area contributed by atoms with Crippen molar-refractivity contribution < 1.29 is 4.79 Å². The molecule has 0 radical (unpaired) electrons. The molecule has 0 saturated carbocycles. The van der Waals surface area contributed by atoms with Crippen molar-refractivity contribution in [3.63, 3.8) is 0 Å². The Morgan fingerprint density at radius 1 is 1.33 bits per heavy atom. The topological polar surface area (TPSA) is 103 Å². The van der Waals surface area contributed by atoms with Crippen molar-refractivity contribution in [1.82, 2.24) is 25.2 Å². The van der Waals surface area contributed by atoms with Crippen LogP contribution < -0.4 is 10.9 Å². The third-order valence-corrected chi connectivity index (χ3v) is 7.01. The number of carbonyl (C=O) groups is 1. The summed E-state index contributed by atoms with van der Waals surface area (Å²) in [5.74, 6) is 0.257. The van der Waals surface area contributed by atoms with Gasteiger partial charge in [-0.25, -0.2) is 0 Å². The van der Waals surface area contributed by atoms with Gasteiger partial charge in [-0.2, -0.15) is 4.68 Å². The van der Waals surface area contributed by atoms with E-state index in [1.165, 1.54) is 20.9 Å². The summed E-state index contributed by atoms with van der Waals surface area (Å²) < 4.78 is 1.17. The number of aryl methyl sites for hydroxylation is 2. The third kappa shape index (κ3) is 3.27. The number of nitrogens with one attached hydrogen (secondary N) is 1. The Morgan fingerprint density at radius 2 is 2.15 bits per heavy atom. The third-order valence-electron chi connectivity index (χ3n) is 4.89.